The number of amides is 1. The molecule has 1 aliphatic heterocycles. The van der Waals surface area contributed by atoms with Crippen LogP contribution < -0.4 is 14.4 Å². The highest BCUT2D eigenvalue weighted by Crippen LogP contribution is 2.35. The number of rotatable bonds is 2. The van der Waals surface area contributed by atoms with E-state index in [0.717, 1.165) is 11.4 Å². The zero-order chi connectivity index (χ0) is 13.3. The Morgan fingerprint density at radius 2 is 1.94 bits per heavy atom. The SMILES string of the molecule is CN(C(=O)CC(C)(C)C)c1ccc2c(c1)OCO2. The molecule has 18 heavy (non-hydrogen) atoms. The van der Waals surface area contributed by atoms with Gasteiger partial charge in [0.25, 0.3) is 0 Å². The zero-order valence-corrected chi connectivity index (χ0v) is 11.3. The van der Waals surface area contributed by atoms with Crippen LogP contribution in [-0.2, 0) is 4.79 Å². The van der Waals surface area contributed by atoms with Crippen molar-refractivity contribution in [2.45, 2.75) is 27.2 Å². The molecule has 1 amide bonds. The van der Waals surface area contributed by atoms with Crippen molar-refractivity contribution in [1.29, 1.82) is 0 Å². The third-order valence-corrected chi connectivity index (χ3v) is 2.80. The summed E-state index contributed by atoms with van der Waals surface area (Å²) in [5.74, 6) is 1.53. The highest BCUT2D eigenvalue weighted by atomic mass is 16.7. The van der Waals surface area contributed by atoms with E-state index in [9.17, 15) is 4.79 Å². The van der Waals surface area contributed by atoms with Crippen molar-refractivity contribution in [1.82, 2.24) is 0 Å². The number of hydrogen-bond donors (Lipinski definition) is 0. The minimum absolute atomic E-state index is 0.0122. The molecule has 0 unspecified atom stereocenters. The number of anilines is 1. The molecular formula is C14H19NO3. The number of ether oxygens (including phenoxy) is 2. The summed E-state index contributed by atoms with van der Waals surface area (Å²) in [7, 11) is 1.78. The van der Waals surface area contributed by atoms with Crippen LogP contribution in [-0.4, -0.2) is 19.7 Å². The van der Waals surface area contributed by atoms with E-state index in [1.54, 1.807) is 11.9 Å². The van der Waals surface area contributed by atoms with Gasteiger partial charge in [0, 0.05) is 25.2 Å². The molecule has 98 valence electrons. The van der Waals surface area contributed by atoms with Gasteiger partial charge in [0.1, 0.15) is 0 Å². The summed E-state index contributed by atoms with van der Waals surface area (Å²) in [6, 6.07) is 5.54. The molecule has 0 saturated carbocycles. The van der Waals surface area contributed by atoms with Gasteiger partial charge in [0.2, 0.25) is 12.7 Å². The van der Waals surface area contributed by atoms with Gasteiger partial charge < -0.3 is 14.4 Å². The van der Waals surface area contributed by atoms with Crippen molar-refractivity contribution >= 4 is 11.6 Å². The van der Waals surface area contributed by atoms with Gasteiger partial charge >= 0.3 is 0 Å². The van der Waals surface area contributed by atoms with E-state index in [-0.39, 0.29) is 18.1 Å². The first kappa shape index (κ1) is 12.7. The van der Waals surface area contributed by atoms with Crippen molar-refractivity contribution in [3.63, 3.8) is 0 Å². The molecule has 0 saturated heterocycles. The maximum absolute atomic E-state index is 12.1. The molecule has 1 heterocycles. The van der Waals surface area contributed by atoms with Crippen LogP contribution in [0.15, 0.2) is 18.2 Å². The first-order chi connectivity index (χ1) is 8.37. The molecule has 1 aromatic rings. The molecule has 0 aliphatic carbocycles. The standard InChI is InChI=1S/C14H19NO3/c1-14(2,3)8-13(16)15(4)10-5-6-11-12(7-10)18-9-17-11/h5-7H,8-9H2,1-4H3. The number of carbonyl (C=O) groups is 1. The Hall–Kier alpha value is -1.71. The van der Waals surface area contributed by atoms with Crippen molar-refractivity contribution in [2.75, 3.05) is 18.7 Å². The van der Waals surface area contributed by atoms with Crippen LogP contribution in [0.5, 0.6) is 11.5 Å². The molecule has 0 bridgehead atoms. The summed E-state index contributed by atoms with van der Waals surface area (Å²) in [5, 5.41) is 0. The van der Waals surface area contributed by atoms with Gasteiger partial charge in [-0.1, -0.05) is 20.8 Å². The fourth-order valence-corrected chi connectivity index (χ4v) is 1.81. The zero-order valence-electron chi connectivity index (χ0n) is 11.3. The van der Waals surface area contributed by atoms with Gasteiger partial charge in [0.05, 0.1) is 0 Å². The van der Waals surface area contributed by atoms with Gasteiger partial charge in [-0.25, -0.2) is 0 Å². The van der Waals surface area contributed by atoms with E-state index < -0.39 is 0 Å². The van der Waals surface area contributed by atoms with E-state index in [4.69, 9.17) is 9.47 Å². The Kier molecular flexibility index (Phi) is 3.20. The quantitative estimate of drug-likeness (QED) is 0.809. The lowest BCUT2D eigenvalue weighted by Gasteiger charge is -2.23. The lowest BCUT2D eigenvalue weighted by molar-refractivity contribution is -0.120. The summed E-state index contributed by atoms with van der Waals surface area (Å²) >= 11 is 0. The van der Waals surface area contributed by atoms with Crippen LogP contribution in [0.4, 0.5) is 5.69 Å². The summed E-state index contributed by atoms with van der Waals surface area (Å²) in [4.78, 5) is 13.8. The van der Waals surface area contributed by atoms with Gasteiger partial charge in [-0.3, -0.25) is 4.79 Å². The van der Waals surface area contributed by atoms with Crippen molar-refractivity contribution in [3.05, 3.63) is 18.2 Å². The first-order valence-electron chi connectivity index (χ1n) is 6.03. The number of fused-ring (bicyclic) bond motifs is 1. The molecule has 1 aliphatic rings. The predicted octanol–water partition coefficient (Wildman–Crippen LogP) is 2.81. The van der Waals surface area contributed by atoms with Crippen LogP contribution >= 0.6 is 0 Å². The predicted molar refractivity (Wildman–Crippen MR) is 70.0 cm³/mol. The normalized spacial score (nSPS) is 13.6. The fraction of sp³-hybridized carbons (Fsp3) is 0.500. The smallest absolute Gasteiger partial charge is 0.231 e. The maximum atomic E-state index is 12.1. The summed E-state index contributed by atoms with van der Waals surface area (Å²) in [6.07, 6.45) is 0.512. The van der Waals surface area contributed by atoms with Gasteiger partial charge in [-0.15, -0.1) is 0 Å². The maximum Gasteiger partial charge on any atom is 0.231 e. The Morgan fingerprint density at radius 1 is 1.28 bits per heavy atom. The monoisotopic (exact) mass is 249 g/mol. The highest BCUT2D eigenvalue weighted by Gasteiger charge is 2.21. The van der Waals surface area contributed by atoms with E-state index in [1.807, 2.05) is 18.2 Å². The number of nitrogens with zero attached hydrogens (tertiary/aromatic N) is 1. The fourth-order valence-electron chi connectivity index (χ4n) is 1.81. The summed E-state index contributed by atoms with van der Waals surface area (Å²) < 4.78 is 10.6. The Balaban J connectivity index is 2.14. The molecule has 1 aromatic carbocycles. The second-order valence-corrected chi connectivity index (χ2v) is 5.73. The largest absolute Gasteiger partial charge is 0.454 e. The molecule has 0 radical (unpaired) electrons. The third kappa shape index (κ3) is 2.75. The lowest BCUT2D eigenvalue weighted by atomic mass is 9.91. The minimum atomic E-state index is -0.0122. The average Bonchev–Trinajstić information content (AvgIpc) is 2.72. The van der Waals surface area contributed by atoms with Crippen molar-refractivity contribution < 1.29 is 14.3 Å². The summed E-state index contributed by atoms with van der Waals surface area (Å²) in [6.45, 7) is 6.41. The molecule has 2 rings (SSSR count). The van der Waals surface area contributed by atoms with Crippen LogP contribution in [0.3, 0.4) is 0 Å². The Labute approximate surface area is 107 Å². The molecule has 4 nitrogen and oxygen atoms in total. The number of carbonyl (C=O) groups excluding carboxylic acids is 1. The number of benzene rings is 1. The lowest BCUT2D eigenvalue weighted by Crippen LogP contribution is -2.29. The topological polar surface area (TPSA) is 38.8 Å². The molecule has 4 heteroatoms. The van der Waals surface area contributed by atoms with Gasteiger partial charge in [-0.05, 0) is 17.5 Å². The summed E-state index contributed by atoms with van der Waals surface area (Å²) in [5.41, 5.74) is 0.815. The second-order valence-electron chi connectivity index (χ2n) is 5.73. The van der Waals surface area contributed by atoms with Gasteiger partial charge in [0.15, 0.2) is 11.5 Å². The molecule has 0 fully saturated rings. The Bertz CT molecular complexity index is 463. The van der Waals surface area contributed by atoms with Crippen LogP contribution in [0.2, 0.25) is 0 Å². The van der Waals surface area contributed by atoms with E-state index in [1.165, 1.54) is 0 Å². The Morgan fingerprint density at radius 3 is 2.61 bits per heavy atom. The molecular weight excluding hydrogens is 230 g/mol. The molecule has 0 spiro atoms. The van der Waals surface area contributed by atoms with Crippen LogP contribution in [0.25, 0.3) is 0 Å². The highest BCUT2D eigenvalue weighted by molar-refractivity contribution is 5.93. The molecule has 0 aromatic heterocycles. The molecule has 0 atom stereocenters. The van der Waals surface area contributed by atoms with Crippen molar-refractivity contribution in [3.8, 4) is 11.5 Å². The van der Waals surface area contributed by atoms with E-state index >= 15 is 0 Å². The van der Waals surface area contributed by atoms with Crippen LogP contribution in [0, 0.1) is 5.41 Å². The average molecular weight is 249 g/mol. The minimum Gasteiger partial charge on any atom is -0.454 e. The van der Waals surface area contributed by atoms with E-state index in [2.05, 4.69) is 20.8 Å². The van der Waals surface area contributed by atoms with Gasteiger partial charge in [-0.2, -0.15) is 0 Å². The molecule has 0 N–H and O–H groups in total. The number of hydrogen-bond acceptors (Lipinski definition) is 3. The second kappa shape index (κ2) is 4.52. The van der Waals surface area contributed by atoms with E-state index in [0.29, 0.717) is 12.2 Å². The van der Waals surface area contributed by atoms with Crippen LogP contribution in [0.1, 0.15) is 27.2 Å². The van der Waals surface area contributed by atoms with Crippen molar-refractivity contribution in [2.24, 2.45) is 5.41 Å². The third-order valence-electron chi connectivity index (χ3n) is 2.80. The first-order valence-corrected chi connectivity index (χ1v) is 6.03.